The Hall–Kier alpha value is -0.530. The SMILES string of the molecule is CN(CCCl)C1(c2ccccc2)CCCCC1. The van der Waals surface area contributed by atoms with Crippen molar-refractivity contribution in [1.82, 2.24) is 4.90 Å². The standard InChI is InChI=1S/C15H22ClN/c1-17(13-12-16)15(10-6-3-7-11-15)14-8-4-2-5-9-14/h2,4-5,8-9H,3,6-7,10-13H2,1H3. The van der Waals surface area contributed by atoms with Crippen LogP contribution in [0.2, 0.25) is 0 Å². The highest BCUT2D eigenvalue weighted by Crippen LogP contribution is 2.41. The lowest BCUT2D eigenvalue weighted by Gasteiger charge is -2.45. The lowest BCUT2D eigenvalue weighted by molar-refractivity contribution is 0.0786. The van der Waals surface area contributed by atoms with E-state index in [4.69, 9.17) is 11.6 Å². The summed E-state index contributed by atoms with van der Waals surface area (Å²) >= 11 is 5.92. The van der Waals surface area contributed by atoms with Crippen molar-refractivity contribution < 1.29 is 0 Å². The van der Waals surface area contributed by atoms with E-state index in [0.29, 0.717) is 5.88 Å². The number of hydrogen-bond acceptors (Lipinski definition) is 1. The van der Waals surface area contributed by atoms with Gasteiger partial charge < -0.3 is 0 Å². The Morgan fingerprint density at radius 2 is 1.76 bits per heavy atom. The summed E-state index contributed by atoms with van der Waals surface area (Å²) in [6, 6.07) is 11.0. The van der Waals surface area contributed by atoms with E-state index < -0.39 is 0 Å². The van der Waals surface area contributed by atoms with Crippen molar-refractivity contribution >= 4 is 11.6 Å². The van der Waals surface area contributed by atoms with Crippen molar-refractivity contribution in [3.63, 3.8) is 0 Å². The molecule has 0 saturated heterocycles. The summed E-state index contributed by atoms with van der Waals surface area (Å²) in [6.07, 6.45) is 6.58. The van der Waals surface area contributed by atoms with E-state index in [0.717, 1.165) is 6.54 Å². The predicted molar refractivity (Wildman–Crippen MR) is 74.6 cm³/mol. The van der Waals surface area contributed by atoms with Crippen molar-refractivity contribution in [1.29, 1.82) is 0 Å². The first-order valence-electron chi connectivity index (χ1n) is 6.62. The fourth-order valence-corrected chi connectivity index (χ4v) is 3.37. The molecule has 2 rings (SSSR count). The van der Waals surface area contributed by atoms with Crippen LogP contribution in [0, 0.1) is 0 Å². The fraction of sp³-hybridized carbons (Fsp3) is 0.600. The first-order valence-corrected chi connectivity index (χ1v) is 7.16. The van der Waals surface area contributed by atoms with E-state index in [1.165, 1.54) is 37.7 Å². The molecule has 2 heteroatoms. The van der Waals surface area contributed by atoms with Crippen molar-refractivity contribution in [2.24, 2.45) is 0 Å². The molecule has 0 heterocycles. The molecule has 1 aliphatic rings. The highest BCUT2D eigenvalue weighted by molar-refractivity contribution is 6.18. The molecule has 1 aromatic carbocycles. The Morgan fingerprint density at radius 3 is 2.35 bits per heavy atom. The summed E-state index contributed by atoms with van der Waals surface area (Å²) in [4.78, 5) is 2.47. The van der Waals surface area contributed by atoms with Gasteiger partial charge in [-0.05, 0) is 25.5 Å². The van der Waals surface area contributed by atoms with Gasteiger partial charge in [-0.15, -0.1) is 11.6 Å². The highest BCUT2D eigenvalue weighted by atomic mass is 35.5. The van der Waals surface area contributed by atoms with Crippen LogP contribution < -0.4 is 0 Å². The van der Waals surface area contributed by atoms with Crippen molar-refractivity contribution in [2.45, 2.75) is 37.6 Å². The second kappa shape index (κ2) is 5.88. The van der Waals surface area contributed by atoms with Crippen LogP contribution in [0.25, 0.3) is 0 Å². The van der Waals surface area contributed by atoms with E-state index in [2.05, 4.69) is 42.3 Å². The molecule has 1 aliphatic carbocycles. The minimum atomic E-state index is 0.231. The zero-order chi connectivity index (χ0) is 12.1. The van der Waals surface area contributed by atoms with Gasteiger partial charge in [0.1, 0.15) is 0 Å². The maximum Gasteiger partial charge on any atom is 0.0458 e. The second-order valence-corrected chi connectivity index (χ2v) is 5.45. The normalized spacial score (nSPS) is 19.5. The number of nitrogens with zero attached hydrogens (tertiary/aromatic N) is 1. The molecule has 0 amide bonds. The number of halogens is 1. The van der Waals surface area contributed by atoms with Gasteiger partial charge in [0.05, 0.1) is 0 Å². The smallest absolute Gasteiger partial charge is 0.0458 e. The van der Waals surface area contributed by atoms with Crippen LogP contribution in [-0.4, -0.2) is 24.4 Å². The lowest BCUT2D eigenvalue weighted by atomic mass is 9.75. The number of alkyl halides is 1. The highest BCUT2D eigenvalue weighted by Gasteiger charge is 2.36. The van der Waals surface area contributed by atoms with Crippen molar-refractivity contribution in [3.05, 3.63) is 35.9 Å². The summed E-state index contributed by atoms with van der Waals surface area (Å²) in [5.41, 5.74) is 1.70. The van der Waals surface area contributed by atoms with E-state index in [9.17, 15) is 0 Å². The lowest BCUT2D eigenvalue weighted by Crippen LogP contribution is -2.46. The molecule has 0 N–H and O–H groups in total. The molecule has 0 radical (unpaired) electrons. The molecule has 1 aromatic rings. The van der Waals surface area contributed by atoms with Gasteiger partial charge in [0, 0.05) is 18.0 Å². The summed E-state index contributed by atoms with van der Waals surface area (Å²) in [5, 5.41) is 0. The molecule has 94 valence electrons. The maximum absolute atomic E-state index is 5.92. The molecule has 0 unspecified atom stereocenters. The fourth-order valence-electron chi connectivity index (χ4n) is 3.12. The molecule has 1 fully saturated rings. The van der Waals surface area contributed by atoms with Gasteiger partial charge in [-0.25, -0.2) is 0 Å². The molecule has 0 atom stereocenters. The molecule has 0 aromatic heterocycles. The van der Waals surface area contributed by atoms with Gasteiger partial charge in [-0.3, -0.25) is 4.90 Å². The third-order valence-electron chi connectivity index (χ3n) is 4.14. The van der Waals surface area contributed by atoms with Gasteiger partial charge in [-0.1, -0.05) is 49.6 Å². The molecular weight excluding hydrogens is 230 g/mol. The Balaban J connectivity index is 2.29. The van der Waals surface area contributed by atoms with Gasteiger partial charge >= 0.3 is 0 Å². The average Bonchev–Trinajstić information content (AvgIpc) is 2.41. The van der Waals surface area contributed by atoms with Gasteiger partial charge in [0.2, 0.25) is 0 Å². The quantitative estimate of drug-likeness (QED) is 0.731. The van der Waals surface area contributed by atoms with E-state index in [-0.39, 0.29) is 5.54 Å². The largest absolute Gasteiger partial charge is 0.295 e. The Labute approximate surface area is 110 Å². The first-order chi connectivity index (χ1) is 8.29. The summed E-state index contributed by atoms with van der Waals surface area (Å²) in [5.74, 6) is 0.713. The third kappa shape index (κ3) is 2.66. The Bertz CT molecular complexity index is 330. The predicted octanol–water partition coefficient (Wildman–Crippen LogP) is 4.02. The summed E-state index contributed by atoms with van der Waals surface area (Å²) in [7, 11) is 2.22. The zero-order valence-corrected chi connectivity index (χ0v) is 11.4. The molecule has 0 aliphatic heterocycles. The zero-order valence-electron chi connectivity index (χ0n) is 10.7. The monoisotopic (exact) mass is 251 g/mol. The molecule has 1 saturated carbocycles. The van der Waals surface area contributed by atoms with Gasteiger partial charge in [0.15, 0.2) is 0 Å². The maximum atomic E-state index is 5.92. The van der Waals surface area contributed by atoms with Crippen LogP contribution in [0.4, 0.5) is 0 Å². The average molecular weight is 252 g/mol. The van der Waals surface area contributed by atoms with Gasteiger partial charge in [-0.2, -0.15) is 0 Å². The number of rotatable bonds is 4. The Morgan fingerprint density at radius 1 is 1.12 bits per heavy atom. The minimum absolute atomic E-state index is 0.231. The van der Waals surface area contributed by atoms with Crippen molar-refractivity contribution in [2.75, 3.05) is 19.5 Å². The molecule has 0 spiro atoms. The van der Waals surface area contributed by atoms with Crippen LogP contribution in [0.1, 0.15) is 37.7 Å². The van der Waals surface area contributed by atoms with Crippen LogP contribution >= 0.6 is 11.6 Å². The van der Waals surface area contributed by atoms with Crippen LogP contribution in [0.3, 0.4) is 0 Å². The summed E-state index contributed by atoms with van der Waals surface area (Å²) in [6.45, 7) is 0.969. The number of benzene rings is 1. The molecule has 1 nitrogen and oxygen atoms in total. The van der Waals surface area contributed by atoms with Crippen LogP contribution in [0.5, 0.6) is 0 Å². The third-order valence-corrected chi connectivity index (χ3v) is 4.31. The molecular formula is C15H22ClN. The Kier molecular flexibility index (Phi) is 4.47. The van der Waals surface area contributed by atoms with Crippen LogP contribution in [-0.2, 0) is 5.54 Å². The first kappa shape index (κ1) is 12.9. The van der Waals surface area contributed by atoms with Gasteiger partial charge in [0.25, 0.3) is 0 Å². The van der Waals surface area contributed by atoms with E-state index >= 15 is 0 Å². The second-order valence-electron chi connectivity index (χ2n) is 5.07. The summed E-state index contributed by atoms with van der Waals surface area (Å²) < 4.78 is 0. The number of hydrogen-bond donors (Lipinski definition) is 0. The van der Waals surface area contributed by atoms with Crippen molar-refractivity contribution in [3.8, 4) is 0 Å². The van der Waals surface area contributed by atoms with E-state index in [1.807, 2.05) is 0 Å². The molecule has 0 bridgehead atoms. The molecule has 17 heavy (non-hydrogen) atoms. The van der Waals surface area contributed by atoms with Crippen LogP contribution in [0.15, 0.2) is 30.3 Å². The topological polar surface area (TPSA) is 3.24 Å². The minimum Gasteiger partial charge on any atom is -0.295 e. The van der Waals surface area contributed by atoms with E-state index in [1.54, 1.807) is 0 Å².